The first-order valence-electron chi connectivity index (χ1n) is 5.26. The molecule has 0 saturated carbocycles. The van der Waals surface area contributed by atoms with Gasteiger partial charge in [0.2, 0.25) is 0 Å². The number of halogens is 1. The van der Waals surface area contributed by atoms with E-state index in [0.717, 1.165) is 27.8 Å². The van der Waals surface area contributed by atoms with Gasteiger partial charge in [-0.2, -0.15) is 0 Å². The van der Waals surface area contributed by atoms with Crippen LogP contribution in [0.15, 0.2) is 36.9 Å². The number of nitrogens with two attached hydrogens (primary N) is 1. The van der Waals surface area contributed by atoms with E-state index in [-0.39, 0.29) is 11.9 Å². The summed E-state index contributed by atoms with van der Waals surface area (Å²) in [4.78, 5) is 1.11. The zero-order valence-corrected chi connectivity index (χ0v) is 9.77. The van der Waals surface area contributed by atoms with E-state index in [2.05, 4.69) is 6.58 Å². The van der Waals surface area contributed by atoms with Crippen molar-refractivity contribution in [3.8, 4) is 0 Å². The first kappa shape index (κ1) is 11.3. The van der Waals surface area contributed by atoms with Gasteiger partial charge >= 0.3 is 0 Å². The molecule has 1 atom stereocenters. The Morgan fingerprint density at radius 3 is 3.00 bits per heavy atom. The van der Waals surface area contributed by atoms with Gasteiger partial charge in [-0.15, -0.1) is 17.9 Å². The summed E-state index contributed by atoms with van der Waals surface area (Å²) in [5.74, 6) is -0.198. The van der Waals surface area contributed by atoms with Crippen molar-refractivity contribution in [3.63, 3.8) is 0 Å². The summed E-state index contributed by atoms with van der Waals surface area (Å²) in [5, 5.41) is 0.939. The number of rotatable bonds is 4. The van der Waals surface area contributed by atoms with Gasteiger partial charge in [0.1, 0.15) is 5.82 Å². The van der Waals surface area contributed by atoms with Crippen molar-refractivity contribution < 1.29 is 4.39 Å². The summed E-state index contributed by atoms with van der Waals surface area (Å²) in [6.07, 6.45) is 3.66. The van der Waals surface area contributed by atoms with Crippen molar-refractivity contribution in [2.45, 2.75) is 18.9 Å². The molecular weight excluding hydrogens is 221 g/mol. The van der Waals surface area contributed by atoms with E-state index in [1.54, 1.807) is 23.5 Å². The molecule has 1 nitrogen and oxygen atoms in total. The van der Waals surface area contributed by atoms with Crippen molar-refractivity contribution in [1.29, 1.82) is 0 Å². The molecule has 0 aliphatic carbocycles. The molecule has 1 aromatic carbocycles. The van der Waals surface area contributed by atoms with Crippen molar-refractivity contribution in [2.75, 3.05) is 0 Å². The van der Waals surface area contributed by atoms with Crippen molar-refractivity contribution in [2.24, 2.45) is 5.73 Å². The minimum absolute atomic E-state index is 0.0264. The Bertz CT molecular complexity index is 504. The van der Waals surface area contributed by atoms with Crippen LogP contribution in [0.3, 0.4) is 0 Å². The molecule has 0 saturated heterocycles. The summed E-state index contributed by atoms with van der Waals surface area (Å²) >= 11 is 1.64. The van der Waals surface area contributed by atoms with E-state index in [1.807, 2.05) is 12.1 Å². The van der Waals surface area contributed by atoms with Gasteiger partial charge in [0.25, 0.3) is 0 Å². The monoisotopic (exact) mass is 235 g/mol. The predicted molar refractivity (Wildman–Crippen MR) is 68.1 cm³/mol. The number of benzene rings is 1. The fourth-order valence-electron chi connectivity index (χ4n) is 1.66. The van der Waals surface area contributed by atoms with E-state index in [0.29, 0.717) is 0 Å². The van der Waals surface area contributed by atoms with Crippen molar-refractivity contribution in [1.82, 2.24) is 0 Å². The van der Waals surface area contributed by atoms with E-state index >= 15 is 0 Å². The highest BCUT2D eigenvalue weighted by molar-refractivity contribution is 7.19. The zero-order chi connectivity index (χ0) is 11.5. The average molecular weight is 235 g/mol. The summed E-state index contributed by atoms with van der Waals surface area (Å²) in [7, 11) is 0. The van der Waals surface area contributed by atoms with Gasteiger partial charge in [-0.3, -0.25) is 0 Å². The molecular formula is C13H14FNS. The molecule has 0 fully saturated rings. The molecule has 0 bridgehead atoms. The van der Waals surface area contributed by atoms with Crippen LogP contribution in [0.25, 0.3) is 10.1 Å². The Morgan fingerprint density at radius 1 is 1.44 bits per heavy atom. The van der Waals surface area contributed by atoms with Gasteiger partial charge in [0.05, 0.1) is 0 Å². The molecule has 16 heavy (non-hydrogen) atoms. The molecule has 0 aliphatic rings. The normalized spacial score (nSPS) is 12.9. The topological polar surface area (TPSA) is 26.0 Å². The maximum absolute atomic E-state index is 13.0. The molecule has 1 unspecified atom stereocenters. The second-order valence-corrected chi connectivity index (χ2v) is 4.92. The molecule has 0 aliphatic heterocycles. The lowest BCUT2D eigenvalue weighted by molar-refractivity contribution is 0.630. The fraction of sp³-hybridized carbons (Fsp3) is 0.231. The minimum atomic E-state index is -0.198. The first-order chi connectivity index (χ1) is 7.70. The third kappa shape index (κ3) is 2.31. The Labute approximate surface area is 98.4 Å². The summed E-state index contributed by atoms with van der Waals surface area (Å²) in [5.41, 5.74) is 6.05. The van der Waals surface area contributed by atoms with Crippen LogP contribution in [0.4, 0.5) is 4.39 Å². The van der Waals surface area contributed by atoms with Crippen LogP contribution in [0.2, 0.25) is 0 Å². The van der Waals surface area contributed by atoms with Gasteiger partial charge in [-0.1, -0.05) is 6.08 Å². The van der Waals surface area contributed by atoms with Gasteiger partial charge in [0, 0.05) is 15.6 Å². The Balaban J connectivity index is 2.28. The van der Waals surface area contributed by atoms with Gasteiger partial charge < -0.3 is 5.73 Å². The summed E-state index contributed by atoms with van der Waals surface area (Å²) in [6, 6.07) is 6.85. The van der Waals surface area contributed by atoms with Crippen LogP contribution in [-0.2, 0) is 0 Å². The second-order valence-electron chi connectivity index (χ2n) is 3.80. The Hall–Kier alpha value is -1.19. The van der Waals surface area contributed by atoms with Crippen molar-refractivity contribution in [3.05, 3.63) is 47.6 Å². The molecule has 2 rings (SSSR count). The van der Waals surface area contributed by atoms with Gasteiger partial charge in [-0.05, 0) is 42.5 Å². The number of allylic oxidation sites excluding steroid dienone is 1. The maximum atomic E-state index is 13.0. The van der Waals surface area contributed by atoms with E-state index in [9.17, 15) is 4.39 Å². The average Bonchev–Trinajstić information content (AvgIpc) is 2.68. The first-order valence-corrected chi connectivity index (χ1v) is 6.08. The van der Waals surface area contributed by atoms with E-state index in [1.165, 1.54) is 6.07 Å². The lowest BCUT2D eigenvalue weighted by Gasteiger charge is -2.06. The molecule has 0 radical (unpaired) electrons. The highest BCUT2D eigenvalue weighted by atomic mass is 32.1. The third-order valence-electron chi connectivity index (χ3n) is 2.54. The molecule has 3 heteroatoms. The molecule has 2 aromatic rings. The summed E-state index contributed by atoms with van der Waals surface area (Å²) in [6.45, 7) is 3.68. The highest BCUT2D eigenvalue weighted by Crippen LogP contribution is 2.31. The molecule has 84 valence electrons. The smallest absolute Gasteiger partial charge is 0.123 e. The Morgan fingerprint density at radius 2 is 2.25 bits per heavy atom. The standard InChI is InChI=1S/C13H14FNS/c1-2-3-4-11(15)13-8-9-7-10(14)5-6-12(9)16-13/h2,5-8,11H,1,3-4,15H2. The van der Waals surface area contributed by atoms with Crippen LogP contribution in [-0.4, -0.2) is 0 Å². The fourth-order valence-corrected chi connectivity index (χ4v) is 2.74. The van der Waals surface area contributed by atoms with Crippen LogP contribution >= 0.6 is 11.3 Å². The molecule has 0 spiro atoms. The van der Waals surface area contributed by atoms with E-state index < -0.39 is 0 Å². The maximum Gasteiger partial charge on any atom is 0.123 e. The molecule has 0 amide bonds. The number of fused-ring (bicyclic) bond motifs is 1. The lowest BCUT2D eigenvalue weighted by Crippen LogP contribution is -2.07. The van der Waals surface area contributed by atoms with Crippen LogP contribution < -0.4 is 5.73 Å². The number of hydrogen-bond donors (Lipinski definition) is 1. The second kappa shape index (κ2) is 4.76. The van der Waals surface area contributed by atoms with E-state index in [4.69, 9.17) is 5.73 Å². The molecule has 1 heterocycles. The van der Waals surface area contributed by atoms with Crippen molar-refractivity contribution >= 4 is 21.4 Å². The highest BCUT2D eigenvalue weighted by Gasteiger charge is 2.09. The van der Waals surface area contributed by atoms with Gasteiger partial charge in [0.15, 0.2) is 0 Å². The molecule has 2 N–H and O–H groups in total. The quantitative estimate of drug-likeness (QED) is 0.796. The minimum Gasteiger partial charge on any atom is -0.323 e. The third-order valence-corrected chi connectivity index (χ3v) is 3.79. The summed E-state index contributed by atoms with van der Waals surface area (Å²) < 4.78 is 14.1. The van der Waals surface area contributed by atoms with Crippen LogP contribution in [0.5, 0.6) is 0 Å². The zero-order valence-electron chi connectivity index (χ0n) is 8.95. The molecule has 1 aromatic heterocycles. The van der Waals surface area contributed by atoms with Crippen LogP contribution in [0, 0.1) is 5.82 Å². The van der Waals surface area contributed by atoms with Crippen LogP contribution in [0.1, 0.15) is 23.8 Å². The SMILES string of the molecule is C=CCCC(N)c1cc2cc(F)ccc2s1. The lowest BCUT2D eigenvalue weighted by atomic mass is 10.1. The predicted octanol–water partition coefficient (Wildman–Crippen LogP) is 4.01. The van der Waals surface area contributed by atoms with Gasteiger partial charge in [-0.25, -0.2) is 4.39 Å². The largest absolute Gasteiger partial charge is 0.323 e. The number of hydrogen-bond acceptors (Lipinski definition) is 2. The number of thiophene rings is 1. The Kier molecular flexibility index (Phi) is 3.36.